The number of carbonyl (C=O) groups excluding carboxylic acids is 2. The molecule has 2 rings (SSSR count). The Balaban J connectivity index is 2.15. The minimum Gasteiger partial charge on any atom is -0.508 e. The van der Waals surface area contributed by atoms with Crippen LogP contribution in [0.1, 0.15) is 30.5 Å². The molecular weight excluding hydrogens is 372 g/mol. The lowest BCUT2D eigenvalue weighted by Crippen LogP contribution is -2.39. The first kappa shape index (κ1) is 22.2. The molecule has 0 spiro atoms. The van der Waals surface area contributed by atoms with Crippen LogP contribution in [0.4, 0.5) is 0 Å². The quantitative estimate of drug-likeness (QED) is 0.523. The van der Waals surface area contributed by atoms with Crippen LogP contribution < -0.4 is 0 Å². The van der Waals surface area contributed by atoms with Crippen molar-refractivity contribution in [3.8, 4) is 5.75 Å². The van der Waals surface area contributed by atoms with Gasteiger partial charge in [0.1, 0.15) is 19.0 Å². The van der Waals surface area contributed by atoms with Crippen LogP contribution in [0, 0.1) is 12.8 Å². The Morgan fingerprint density at radius 3 is 2.34 bits per heavy atom. The third-order valence-corrected chi connectivity index (χ3v) is 4.24. The number of benzene rings is 2. The number of phenols is 1. The molecule has 1 atom stereocenters. The van der Waals surface area contributed by atoms with E-state index in [-0.39, 0.29) is 17.2 Å². The number of hydrogen-bond acceptors (Lipinski definition) is 6. The smallest absolute Gasteiger partial charge is 0.330 e. The molecule has 0 saturated heterocycles. The highest BCUT2D eigenvalue weighted by Gasteiger charge is 2.36. The van der Waals surface area contributed by atoms with Gasteiger partial charge >= 0.3 is 11.9 Å². The third kappa shape index (κ3) is 6.47. The van der Waals surface area contributed by atoms with E-state index in [1.807, 2.05) is 30.3 Å². The number of ether oxygens (including phenoxy) is 2. The summed E-state index contributed by atoms with van der Waals surface area (Å²) in [6.07, 6.45) is 2.83. The van der Waals surface area contributed by atoms with Gasteiger partial charge in [0.2, 0.25) is 0 Å². The van der Waals surface area contributed by atoms with Gasteiger partial charge in [0, 0.05) is 11.6 Å². The molecule has 0 aliphatic carbocycles. The second-order valence-electron chi connectivity index (χ2n) is 7.17. The molecule has 6 nitrogen and oxygen atoms in total. The van der Waals surface area contributed by atoms with E-state index >= 15 is 0 Å². The van der Waals surface area contributed by atoms with Crippen LogP contribution >= 0.6 is 0 Å². The lowest BCUT2D eigenvalue weighted by Gasteiger charge is -2.28. The molecule has 29 heavy (non-hydrogen) atoms. The Kier molecular flexibility index (Phi) is 7.56. The fourth-order valence-corrected chi connectivity index (χ4v) is 2.56. The summed E-state index contributed by atoms with van der Waals surface area (Å²) in [4.78, 5) is 23.9. The maximum Gasteiger partial charge on any atom is 0.330 e. The van der Waals surface area contributed by atoms with Crippen molar-refractivity contribution in [2.75, 3.05) is 13.2 Å². The topological polar surface area (TPSA) is 93.1 Å². The van der Waals surface area contributed by atoms with E-state index in [9.17, 15) is 19.8 Å². The summed E-state index contributed by atoms with van der Waals surface area (Å²) in [6.45, 7) is 4.16. The van der Waals surface area contributed by atoms with Gasteiger partial charge in [0.05, 0.1) is 5.92 Å². The van der Waals surface area contributed by atoms with E-state index in [2.05, 4.69) is 0 Å². The molecule has 2 aromatic carbocycles. The Labute approximate surface area is 170 Å². The normalized spacial score (nSPS) is 13.3. The molecule has 0 unspecified atom stereocenters. The van der Waals surface area contributed by atoms with Gasteiger partial charge in [0.25, 0.3) is 0 Å². The van der Waals surface area contributed by atoms with Gasteiger partial charge in [-0.25, -0.2) is 4.79 Å². The van der Waals surface area contributed by atoms with Crippen molar-refractivity contribution in [3.05, 3.63) is 71.3 Å². The van der Waals surface area contributed by atoms with E-state index < -0.39 is 30.8 Å². The van der Waals surface area contributed by atoms with Crippen LogP contribution in [0.15, 0.2) is 54.6 Å². The average molecular weight is 398 g/mol. The molecule has 0 radical (unpaired) electrons. The molecule has 0 aliphatic heterocycles. The van der Waals surface area contributed by atoms with E-state index in [0.29, 0.717) is 0 Å². The van der Waals surface area contributed by atoms with Gasteiger partial charge in [-0.1, -0.05) is 56.3 Å². The number of carbonyl (C=O) groups is 2. The molecule has 0 saturated carbocycles. The van der Waals surface area contributed by atoms with E-state index in [0.717, 1.165) is 11.1 Å². The van der Waals surface area contributed by atoms with Crippen molar-refractivity contribution in [1.82, 2.24) is 0 Å². The summed E-state index contributed by atoms with van der Waals surface area (Å²) >= 11 is 0. The SMILES string of the molecule is Cc1ccc([C@@](O)(COC(=O)/C=C/c2ccccc2)COC(=O)C(C)C)c(O)c1. The van der Waals surface area contributed by atoms with Crippen LogP contribution in [0.5, 0.6) is 5.75 Å². The van der Waals surface area contributed by atoms with Crippen LogP contribution in [0.25, 0.3) is 6.08 Å². The van der Waals surface area contributed by atoms with Crippen molar-refractivity contribution in [2.24, 2.45) is 5.92 Å². The predicted molar refractivity (Wildman–Crippen MR) is 109 cm³/mol. The Bertz CT molecular complexity index is 872. The number of aliphatic hydroxyl groups is 1. The number of rotatable bonds is 8. The zero-order chi connectivity index (χ0) is 21.4. The predicted octanol–water partition coefficient (Wildman–Crippen LogP) is 3.34. The first-order valence-corrected chi connectivity index (χ1v) is 9.30. The summed E-state index contributed by atoms with van der Waals surface area (Å²) in [5.74, 6) is -1.74. The molecule has 154 valence electrons. The summed E-state index contributed by atoms with van der Waals surface area (Å²) in [5, 5.41) is 21.3. The Morgan fingerprint density at radius 2 is 1.72 bits per heavy atom. The number of phenolic OH excluding ortho intramolecular Hbond substituents is 1. The molecule has 0 fully saturated rings. The number of aromatic hydroxyl groups is 1. The molecule has 2 aromatic rings. The maximum atomic E-state index is 12.1. The van der Waals surface area contributed by atoms with Crippen molar-refractivity contribution in [3.63, 3.8) is 0 Å². The zero-order valence-corrected chi connectivity index (χ0v) is 16.8. The molecule has 0 aliphatic rings. The molecule has 0 amide bonds. The van der Waals surface area contributed by atoms with Crippen molar-refractivity contribution >= 4 is 18.0 Å². The first-order valence-electron chi connectivity index (χ1n) is 9.30. The van der Waals surface area contributed by atoms with Crippen LogP contribution in [0.2, 0.25) is 0 Å². The second kappa shape index (κ2) is 9.89. The van der Waals surface area contributed by atoms with Crippen LogP contribution in [0.3, 0.4) is 0 Å². The highest BCUT2D eigenvalue weighted by Crippen LogP contribution is 2.31. The van der Waals surface area contributed by atoms with E-state index in [4.69, 9.17) is 9.47 Å². The van der Waals surface area contributed by atoms with Crippen LogP contribution in [-0.2, 0) is 24.7 Å². The average Bonchev–Trinajstić information content (AvgIpc) is 2.69. The molecular formula is C23H26O6. The van der Waals surface area contributed by atoms with Crippen LogP contribution in [-0.4, -0.2) is 35.4 Å². The summed E-state index contributed by atoms with van der Waals surface area (Å²) < 4.78 is 10.3. The minimum atomic E-state index is -1.89. The Morgan fingerprint density at radius 1 is 1.07 bits per heavy atom. The number of aryl methyl sites for hydroxylation is 1. The Hall–Kier alpha value is -3.12. The minimum absolute atomic E-state index is 0.111. The molecule has 2 N–H and O–H groups in total. The maximum absolute atomic E-state index is 12.1. The lowest BCUT2D eigenvalue weighted by molar-refractivity contribution is -0.164. The largest absolute Gasteiger partial charge is 0.508 e. The van der Waals surface area contributed by atoms with Crippen molar-refractivity contribution < 1.29 is 29.3 Å². The second-order valence-corrected chi connectivity index (χ2v) is 7.17. The number of hydrogen-bond donors (Lipinski definition) is 2. The molecule has 0 bridgehead atoms. The fraction of sp³-hybridized carbons (Fsp3) is 0.304. The zero-order valence-electron chi connectivity index (χ0n) is 16.8. The standard InChI is InChI=1S/C23H26O6/c1-16(2)22(26)29-15-23(27,19-11-9-17(3)13-20(19)24)14-28-21(25)12-10-18-7-5-4-6-8-18/h4-13,16,24,27H,14-15H2,1-3H3/b12-10+/t23-/m1/s1. The van der Waals surface area contributed by atoms with E-state index in [1.165, 1.54) is 18.2 Å². The van der Waals surface area contributed by atoms with Crippen molar-refractivity contribution in [1.29, 1.82) is 0 Å². The van der Waals surface area contributed by atoms with Gasteiger partial charge in [0.15, 0.2) is 5.60 Å². The monoisotopic (exact) mass is 398 g/mol. The summed E-state index contributed by atoms with van der Waals surface area (Å²) in [6, 6.07) is 13.9. The molecule has 6 heteroatoms. The lowest BCUT2D eigenvalue weighted by atomic mass is 9.93. The highest BCUT2D eigenvalue weighted by atomic mass is 16.6. The summed E-state index contributed by atoms with van der Waals surface area (Å²) in [5.41, 5.74) is -0.171. The summed E-state index contributed by atoms with van der Waals surface area (Å²) in [7, 11) is 0. The van der Waals surface area contributed by atoms with Gasteiger partial charge in [-0.2, -0.15) is 0 Å². The van der Waals surface area contributed by atoms with Gasteiger partial charge in [-0.15, -0.1) is 0 Å². The van der Waals surface area contributed by atoms with Gasteiger partial charge < -0.3 is 19.7 Å². The van der Waals surface area contributed by atoms with Crippen molar-refractivity contribution in [2.45, 2.75) is 26.4 Å². The highest BCUT2D eigenvalue weighted by molar-refractivity contribution is 5.87. The fourth-order valence-electron chi connectivity index (χ4n) is 2.56. The first-order chi connectivity index (χ1) is 13.7. The number of esters is 2. The van der Waals surface area contributed by atoms with Gasteiger partial charge in [-0.05, 0) is 30.2 Å². The molecule has 0 heterocycles. The third-order valence-electron chi connectivity index (χ3n) is 4.24. The molecule has 0 aromatic heterocycles. The van der Waals surface area contributed by atoms with Gasteiger partial charge in [-0.3, -0.25) is 4.79 Å². The van der Waals surface area contributed by atoms with E-state index in [1.54, 1.807) is 32.9 Å².